The number of hydrogen-bond donors (Lipinski definition) is 0. The van der Waals surface area contributed by atoms with Gasteiger partial charge in [-0.15, -0.1) is 0 Å². The standard InChI is InChI=1S/C22H13Br/c23-21-13-12-19-17-9-4-2-7-15(17)14-6-1-3-8-16(14)18-10-5-11-20(21)22(18)19/h1-13H. The summed E-state index contributed by atoms with van der Waals surface area (Å²) in [4.78, 5) is 0. The Bertz CT molecular complexity index is 1020. The Kier molecular flexibility index (Phi) is 2.74. The first-order valence-corrected chi connectivity index (χ1v) is 8.54. The lowest BCUT2D eigenvalue weighted by molar-refractivity contribution is 1.62. The van der Waals surface area contributed by atoms with Gasteiger partial charge in [-0.05, 0) is 50.2 Å². The van der Waals surface area contributed by atoms with Crippen molar-refractivity contribution < 1.29 is 0 Å². The first kappa shape index (κ1) is 13.1. The molecule has 108 valence electrons. The summed E-state index contributed by atoms with van der Waals surface area (Å²) < 4.78 is 1.15. The molecule has 0 saturated heterocycles. The van der Waals surface area contributed by atoms with Crippen LogP contribution in [-0.4, -0.2) is 0 Å². The number of halogens is 1. The minimum atomic E-state index is 1.15. The van der Waals surface area contributed by atoms with Crippen molar-refractivity contribution in [1.29, 1.82) is 0 Å². The van der Waals surface area contributed by atoms with Gasteiger partial charge in [0.15, 0.2) is 0 Å². The van der Waals surface area contributed by atoms with E-state index < -0.39 is 0 Å². The summed E-state index contributed by atoms with van der Waals surface area (Å²) >= 11 is 3.72. The Hall–Kier alpha value is -2.38. The van der Waals surface area contributed by atoms with E-state index in [4.69, 9.17) is 0 Å². The van der Waals surface area contributed by atoms with E-state index >= 15 is 0 Å². The zero-order valence-electron chi connectivity index (χ0n) is 12.4. The van der Waals surface area contributed by atoms with Gasteiger partial charge >= 0.3 is 0 Å². The lowest BCUT2D eigenvalue weighted by atomic mass is 9.94. The van der Waals surface area contributed by atoms with Crippen LogP contribution in [0.15, 0.2) is 83.3 Å². The maximum Gasteiger partial charge on any atom is 0.0254 e. The molecule has 1 aliphatic rings. The van der Waals surface area contributed by atoms with Gasteiger partial charge in [0.25, 0.3) is 0 Å². The van der Waals surface area contributed by atoms with Crippen LogP contribution < -0.4 is 0 Å². The third kappa shape index (κ3) is 1.77. The van der Waals surface area contributed by atoms with Crippen molar-refractivity contribution >= 4 is 26.7 Å². The highest BCUT2D eigenvalue weighted by molar-refractivity contribution is 9.10. The van der Waals surface area contributed by atoms with Gasteiger partial charge in [-0.2, -0.15) is 0 Å². The molecule has 0 saturated carbocycles. The van der Waals surface area contributed by atoms with E-state index in [1.807, 2.05) is 0 Å². The monoisotopic (exact) mass is 356 g/mol. The van der Waals surface area contributed by atoms with Crippen LogP contribution in [0.4, 0.5) is 0 Å². The molecule has 0 unspecified atom stereocenters. The topological polar surface area (TPSA) is 0 Å². The molecule has 0 spiro atoms. The molecule has 0 heterocycles. The third-order valence-corrected chi connectivity index (χ3v) is 5.40. The summed E-state index contributed by atoms with van der Waals surface area (Å²) in [5, 5.41) is 2.60. The van der Waals surface area contributed by atoms with Crippen molar-refractivity contribution in [3.63, 3.8) is 0 Å². The molecule has 23 heavy (non-hydrogen) atoms. The fourth-order valence-corrected chi connectivity index (χ4v) is 4.19. The van der Waals surface area contributed by atoms with Crippen LogP contribution in [0.25, 0.3) is 44.2 Å². The smallest absolute Gasteiger partial charge is 0.0254 e. The van der Waals surface area contributed by atoms with Gasteiger partial charge in [-0.1, -0.05) is 88.7 Å². The Labute approximate surface area is 143 Å². The lowest BCUT2D eigenvalue weighted by Gasteiger charge is -2.11. The molecule has 0 aromatic heterocycles. The van der Waals surface area contributed by atoms with Gasteiger partial charge in [-0.25, -0.2) is 0 Å². The molecular formula is C22H13Br. The Morgan fingerprint density at radius 3 is 1.52 bits per heavy atom. The summed E-state index contributed by atoms with van der Waals surface area (Å²) in [5.74, 6) is 0. The number of fused-ring (bicyclic) bond motifs is 5. The van der Waals surface area contributed by atoms with Crippen molar-refractivity contribution in [2.45, 2.75) is 0 Å². The molecule has 0 nitrogen and oxygen atoms in total. The average molecular weight is 357 g/mol. The van der Waals surface area contributed by atoms with E-state index in [2.05, 4.69) is 94.8 Å². The normalized spacial score (nSPS) is 11.7. The Morgan fingerprint density at radius 2 is 0.913 bits per heavy atom. The maximum atomic E-state index is 3.72. The second-order valence-corrected chi connectivity index (χ2v) is 6.77. The highest BCUT2D eigenvalue weighted by atomic mass is 79.9. The van der Waals surface area contributed by atoms with E-state index in [9.17, 15) is 0 Å². The van der Waals surface area contributed by atoms with Crippen molar-refractivity contribution in [2.24, 2.45) is 0 Å². The summed E-state index contributed by atoms with van der Waals surface area (Å²) in [7, 11) is 0. The Balaban J connectivity index is 2.10. The van der Waals surface area contributed by atoms with Crippen molar-refractivity contribution in [3.05, 3.63) is 83.3 Å². The molecule has 1 heteroatoms. The highest BCUT2D eigenvalue weighted by Crippen LogP contribution is 2.48. The first-order chi connectivity index (χ1) is 11.3. The van der Waals surface area contributed by atoms with E-state index in [1.165, 1.54) is 44.2 Å². The van der Waals surface area contributed by atoms with E-state index in [-0.39, 0.29) is 0 Å². The fraction of sp³-hybridized carbons (Fsp3) is 0. The van der Waals surface area contributed by atoms with E-state index in [1.54, 1.807) is 0 Å². The van der Waals surface area contributed by atoms with Gasteiger partial charge in [0.05, 0.1) is 0 Å². The predicted molar refractivity (Wildman–Crippen MR) is 102 cm³/mol. The summed E-state index contributed by atoms with van der Waals surface area (Å²) in [6, 6.07) is 28.4. The fourth-order valence-electron chi connectivity index (χ4n) is 3.73. The van der Waals surface area contributed by atoms with Crippen LogP contribution in [0.3, 0.4) is 0 Å². The molecule has 0 aliphatic heterocycles. The quantitative estimate of drug-likeness (QED) is 0.282. The summed E-state index contributed by atoms with van der Waals surface area (Å²) in [5.41, 5.74) is 7.85. The van der Waals surface area contributed by atoms with Crippen molar-refractivity contribution in [3.8, 4) is 33.4 Å². The number of rotatable bonds is 0. The van der Waals surface area contributed by atoms with Gasteiger partial charge in [-0.3, -0.25) is 0 Å². The summed E-state index contributed by atoms with van der Waals surface area (Å²) in [6.07, 6.45) is 0. The Morgan fingerprint density at radius 1 is 0.435 bits per heavy atom. The molecule has 4 aromatic rings. The second kappa shape index (κ2) is 4.81. The van der Waals surface area contributed by atoms with Crippen LogP contribution >= 0.6 is 15.9 Å². The minimum absolute atomic E-state index is 1.15. The SMILES string of the molecule is Brc1ccc2c3c(cccc13)-c1ccccc1-c1ccccc1-2. The van der Waals surface area contributed by atoms with Gasteiger partial charge in [0.1, 0.15) is 0 Å². The molecule has 0 fully saturated rings. The summed E-state index contributed by atoms with van der Waals surface area (Å²) in [6.45, 7) is 0. The third-order valence-electron chi connectivity index (χ3n) is 4.71. The van der Waals surface area contributed by atoms with Crippen molar-refractivity contribution in [2.75, 3.05) is 0 Å². The molecule has 0 atom stereocenters. The molecular weight excluding hydrogens is 344 g/mol. The molecule has 5 rings (SSSR count). The first-order valence-electron chi connectivity index (χ1n) is 7.75. The van der Waals surface area contributed by atoms with Crippen LogP contribution in [0.1, 0.15) is 0 Å². The largest absolute Gasteiger partial charge is 0.0616 e. The molecule has 0 N–H and O–H groups in total. The minimum Gasteiger partial charge on any atom is -0.0616 e. The van der Waals surface area contributed by atoms with Crippen molar-refractivity contribution in [1.82, 2.24) is 0 Å². The lowest BCUT2D eigenvalue weighted by Crippen LogP contribution is -1.84. The van der Waals surface area contributed by atoms with E-state index in [0.29, 0.717) is 0 Å². The number of benzene rings is 4. The van der Waals surface area contributed by atoms with Gasteiger partial charge < -0.3 is 0 Å². The van der Waals surface area contributed by atoms with Gasteiger partial charge in [0.2, 0.25) is 0 Å². The van der Waals surface area contributed by atoms with Crippen LogP contribution in [-0.2, 0) is 0 Å². The zero-order chi connectivity index (χ0) is 15.4. The van der Waals surface area contributed by atoms with Crippen LogP contribution in [0.2, 0.25) is 0 Å². The molecule has 0 bridgehead atoms. The molecule has 0 amide bonds. The zero-order valence-corrected chi connectivity index (χ0v) is 14.0. The molecule has 1 aliphatic carbocycles. The second-order valence-electron chi connectivity index (χ2n) is 5.91. The van der Waals surface area contributed by atoms with Crippen LogP contribution in [0.5, 0.6) is 0 Å². The molecule has 0 radical (unpaired) electrons. The van der Waals surface area contributed by atoms with Crippen LogP contribution in [0, 0.1) is 0 Å². The predicted octanol–water partition coefficient (Wildman–Crippen LogP) is 6.92. The maximum absolute atomic E-state index is 3.72. The number of hydrogen-bond acceptors (Lipinski definition) is 0. The highest BCUT2D eigenvalue weighted by Gasteiger charge is 2.21. The van der Waals surface area contributed by atoms with E-state index in [0.717, 1.165) is 4.47 Å². The average Bonchev–Trinajstić information content (AvgIpc) is 2.73. The van der Waals surface area contributed by atoms with Gasteiger partial charge in [0, 0.05) is 4.47 Å². The molecule has 4 aromatic carbocycles.